The highest BCUT2D eigenvalue weighted by Gasteiger charge is 2.16. The minimum atomic E-state index is -1.14. The Labute approximate surface area is 134 Å². The number of carbonyl (C=O) groups excluding carboxylic acids is 1. The monoisotopic (exact) mass is 331 g/mol. The van der Waals surface area contributed by atoms with Crippen LogP contribution in [0.15, 0.2) is 48.5 Å². The molecule has 6 heteroatoms. The molecule has 0 atom stereocenters. The zero-order chi connectivity index (χ0) is 17.3. The first-order chi connectivity index (χ1) is 11.5. The number of hydrogen-bond acceptors (Lipinski definition) is 2. The smallest absolute Gasteiger partial charge is 0.168 e. The third-order valence-electron chi connectivity index (χ3n) is 3.44. The second-order valence-electron chi connectivity index (χ2n) is 4.99. The molecule has 0 amide bonds. The van der Waals surface area contributed by atoms with Gasteiger partial charge in [0.25, 0.3) is 0 Å². The molecule has 0 aliphatic carbocycles. The number of aldehydes is 1. The van der Waals surface area contributed by atoms with Crippen molar-refractivity contribution in [1.29, 1.82) is 0 Å². The van der Waals surface area contributed by atoms with Gasteiger partial charge in [-0.2, -0.15) is 0 Å². The first-order valence-corrected chi connectivity index (χ1v) is 6.87. The van der Waals surface area contributed by atoms with Gasteiger partial charge in [0.15, 0.2) is 23.3 Å². The fourth-order valence-corrected chi connectivity index (χ4v) is 2.30. The molecule has 3 aromatic rings. The van der Waals surface area contributed by atoms with E-state index in [0.717, 1.165) is 12.1 Å². The first kappa shape index (κ1) is 15.9. The Hall–Kier alpha value is -3.02. The van der Waals surface area contributed by atoms with Crippen LogP contribution < -0.4 is 0 Å². The van der Waals surface area contributed by atoms with Crippen LogP contribution >= 0.6 is 0 Å². The predicted octanol–water partition coefficient (Wildman–Crippen LogP) is 4.78. The molecular formula is C18H9F4NO. The van der Waals surface area contributed by atoms with Crippen molar-refractivity contribution in [2.75, 3.05) is 0 Å². The van der Waals surface area contributed by atoms with Crippen molar-refractivity contribution >= 4 is 6.29 Å². The maximum atomic E-state index is 14.0. The van der Waals surface area contributed by atoms with E-state index in [1.807, 2.05) is 0 Å². The number of carbonyl (C=O) groups is 1. The number of rotatable bonds is 3. The lowest BCUT2D eigenvalue weighted by atomic mass is 10.0. The van der Waals surface area contributed by atoms with E-state index in [1.54, 1.807) is 0 Å². The van der Waals surface area contributed by atoms with Crippen LogP contribution in [0.25, 0.3) is 22.5 Å². The maximum Gasteiger partial charge on any atom is 0.168 e. The molecule has 0 aliphatic heterocycles. The fraction of sp³-hybridized carbons (Fsp3) is 0. The average Bonchev–Trinajstić information content (AvgIpc) is 2.59. The molecule has 0 fully saturated rings. The van der Waals surface area contributed by atoms with Crippen LogP contribution in [0.4, 0.5) is 17.6 Å². The minimum Gasteiger partial charge on any atom is -0.298 e. The Morgan fingerprint density at radius 1 is 0.750 bits per heavy atom. The van der Waals surface area contributed by atoms with Crippen LogP contribution in [0.1, 0.15) is 10.4 Å². The molecule has 24 heavy (non-hydrogen) atoms. The van der Waals surface area contributed by atoms with Gasteiger partial charge in [-0.15, -0.1) is 0 Å². The van der Waals surface area contributed by atoms with Gasteiger partial charge in [-0.25, -0.2) is 22.5 Å². The lowest BCUT2D eigenvalue weighted by molar-refractivity contribution is 0.112. The SMILES string of the molecule is O=Cc1cc(-c2cccc(F)c2F)nc(-c2cccc(F)c2F)c1. The third-order valence-corrected chi connectivity index (χ3v) is 3.44. The summed E-state index contributed by atoms with van der Waals surface area (Å²) in [5.74, 6) is -4.44. The van der Waals surface area contributed by atoms with Crippen LogP contribution in [-0.4, -0.2) is 11.3 Å². The number of pyridine rings is 1. The topological polar surface area (TPSA) is 30.0 Å². The second-order valence-corrected chi connectivity index (χ2v) is 4.99. The van der Waals surface area contributed by atoms with Crippen LogP contribution in [-0.2, 0) is 0 Å². The first-order valence-electron chi connectivity index (χ1n) is 6.87. The standard InChI is InChI=1S/C18H9F4NO/c19-13-5-1-3-11(17(13)21)15-7-10(9-24)8-16(23-15)12-4-2-6-14(20)18(12)22/h1-9H. The average molecular weight is 331 g/mol. The van der Waals surface area contributed by atoms with Gasteiger partial charge in [-0.05, 0) is 36.4 Å². The van der Waals surface area contributed by atoms with Crippen molar-refractivity contribution in [2.45, 2.75) is 0 Å². The van der Waals surface area contributed by atoms with Gasteiger partial charge in [0.1, 0.15) is 6.29 Å². The molecule has 2 nitrogen and oxygen atoms in total. The summed E-state index contributed by atoms with van der Waals surface area (Å²) in [6, 6.07) is 9.49. The largest absolute Gasteiger partial charge is 0.298 e. The molecule has 0 radical (unpaired) electrons. The lowest BCUT2D eigenvalue weighted by Gasteiger charge is -2.09. The van der Waals surface area contributed by atoms with Gasteiger partial charge in [0, 0.05) is 16.7 Å². The van der Waals surface area contributed by atoms with Crippen LogP contribution in [0, 0.1) is 23.3 Å². The molecule has 0 spiro atoms. The third kappa shape index (κ3) is 2.78. The van der Waals surface area contributed by atoms with Crippen molar-refractivity contribution in [3.05, 3.63) is 77.4 Å². The summed E-state index contributed by atoms with van der Waals surface area (Å²) < 4.78 is 54.7. The van der Waals surface area contributed by atoms with E-state index in [2.05, 4.69) is 4.98 Å². The van der Waals surface area contributed by atoms with Crippen molar-refractivity contribution in [1.82, 2.24) is 4.98 Å². The van der Waals surface area contributed by atoms with E-state index >= 15 is 0 Å². The summed E-state index contributed by atoms with van der Waals surface area (Å²) in [6.45, 7) is 0. The number of benzene rings is 2. The maximum absolute atomic E-state index is 14.0. The molecule has 0 saturated heterocycles. The lowest BCUT2D eigenvalue weighted by Crippen LogP contribution is -1.98. The quantitative estimate of drug-likeness (QED) is 0.510. The molecule has 1 aromatic heterocycles. The molecule has 1 heterocycles. The van der Waals surface area contributed by atoms with Crippen LogP contribution in [0.5, 0.6) is 0 Å². The van der Waals surface area contributed by atoms with Gasteiger partial charge in [-0.3, -0.25) is 4.79 Å². The Morgan fingerprint density at radius 3 is 1.62 bits per heavy atom. The molecule has 0 bridgehead atoms. The molecule has 2 aromatic carbocycles. The number of aromatic nitrogens is 1. The van der Waals surface area contributed by atoms with E-state index in [1.165, 1.54) is 36.4 Å². The molecule has 0 aliphatic rings. The van der Waals surface area contributed by atoms with Gasteiger partial charge >= 0.3 is 0 Å². The molecule has 120 valence electrons. The van der Waals surface area contributed by atoms with Gasteiger partial charge in [0.2, 0.25) is 0 Å². The van der Waals surface area contributed by atoms with E-state index in [4.69, 9.17) is 0 Å². The van der Waals surface area contributed by atoms with Gasteiger partial charge in [-0.1, -0.05) is 12.1 Å². The van der Waals surface area contributed by atoms with Crippen molar-refractivity contribution in [3.8, 4) is 22.5 Å². The Bertz CT molecular complexity index is 871. The highest BCUT2D eigenvalue weighted by Crippen LogP contribution is 2.29. The van der Waals surface area contributed by atoms with Gasteiger partial charge < -0.3 is 0 Å². The molecular weight excluding hydrogens is 322 g/mol. The fourth-order valence-electron chi connectivity index (χ4n) is 2.30. The summed E-state index contributed by atoms with van der Waals surface area (Å²) in [5, 5.41) is 0. The second kappa shape index (κ2) is 6.23. The number of hydrogen-bond donors (Lipinski definition) is 0. The number of halogens is 4. The Balaban J connectivity index is 2.25. The summed E-state index contributed by atoms with van der Waals surface area (Å²) >= 11 is 0. The highest BCUT2D eigenvalue weighted by molar-refractivity contribution is 5.81. The Morgan fingerprint density at radius 2 is 1.21 bits per heavy atom. The van der Waals surface area contributed by atoms with E-state index < -0.39 is 23.3 Å². The molecule has 3 rings (SSSR count). The van der Waals surface area contributed by atoms with Crippen LogP contribution in [0.3, 0.4) is 0 Å². The molecule has 0 saturated carbocycles. The zero-order valence-electron chi connectivity index (χ0n) is 12.1. The number of nitrogens with zero attached hydrogens (tertiary/aromatic N) is 1. The zero-order valence-corrected chi connectivity index (χ0v) is 12.1. The van der Waals surface area contributed by atoms with Crippen molar-refractivity contribution in [3.63, 3.8) is 0 Å². The summed E-state index contributed by atoms with van der Waals surface area (Å²) in [5.41, 5.74) is -0.415. The van der Waals surface area contributed by atoms with Crippen LogP contribution in [0.2, 0.25) is 0 Å². The predicted molar refractivity (Wildman–Crippen MR) is 80.3 cm³/mol. The molecule has 0 N–H and O–H groups in total. The summed E-state index contributed by atoms with van der Waals surface area (Å²) in [6.07, 6.45) is 0.461. The highest BCUT2D eigenvalue weighted by atomic mass is 19.2. The minimum absolute atomic E-state index is 0.0599. The van der Waals surface area contributed by atoms with E-state index in [9.17, 15) is 22.4 Å². The normalized spacial score (nSPS) is 10.7. The van der Waals surface area contributed by atoms with Crippen molar-refractivity contribution < 1.29 is 22.4 Å². The summed E-state index contributed by atoms with van der Waals surface area (Å²) in [7, 11) is 0. The molecule has 0 unspecified atom stereocenters. The van der Waals surface area contributed by atoms with E-state index in [0.29, 0.717) is 6.29 Å². The Kier molecular flexibility index (Phi) is 4.12. The van der Waals surface area contributed by atoms with Crippen molar-refractivity contribution in [2.24, 2.45) is 0 Å². The van der Waals surface area contributed by atoms with Gasteiger partial charge in [0.05, 0.1) is 11.4 Å². The summed E-state index contributed by atoms with van der Waals surface area (Å²) in [4.78, 5) is 15.2. The van der Waals surface area contributed by atoms with E-state index in [-0.39, 0.29) is 28.1 Å².